The maximum atomic E-state index is 15.0. The summed E-state index contributed by atoms with van der Waals surface area (Å²) in [5.41, 5.74) is 1.65. The Bertz CT molecular complexity index is 1720. The van der Waals surface area contributed by atoms with Gasteiger partial charge in [0, 0.05) is 68.6 Å². The molecule has 5 rings (SSSR count). The molecule has 0 bridgehead atoms. The molecule has 2 aromatic heterocycles. The minimum atomic E-state index is -3.81. The molecule has 0 radical (unpaired) electrons. The molecular formula is C29H32F2N6O4S. The van der Waals surface area contributed by atoms with Gasteiger partial charge in [0.15, 0.2) is 27.3 Å². The number of methoxy groups -OCH3 is 1. The zero-order chi connectivity index (χ0) is 30.0. The number of likely N-dealkylation sites (N-methyl/N-ethyl adjacent to an activating group) is 1. The van der Waals surface area contributed by atoms with Gasteiger partial charge in [-0.15, -0.1) is 0 Å². The number of nitrogens with zero attached hydrogens (tertiary/aromatic N) is 4. The summed E-state index contributed by atoms with van der Waals surface area (Å²) in [7, 11) is -0.163. The molecule has 10 nitrogen and oxygen atoms in total. The third-order valence-corrected chi connectivity index (χ3v) is 8.56. The maximum absolute atomic E-state index is 15.0. The second kappa shape index (κ2) is 12.2. The maximum Gasteiger partial charge on any atom is 0.228 e. The molecule has 1 aliphatic heterocycles. The summed E-state index contributed by atoms with van der Waals surface area (Å²) < 4.78 is 59.1. The fourth-order valence-corrected chi connectivity index (χ4v) is 5.95. The minimum Gasteiger partial charge on any atom is -0.383 e. The van der Waals surface area contributed by atoms with Crippen molar-refractivity contribution < 1.29 is 26.7 Å². The molecule has 1 fully saturated rings. The third-order valence-electron chi connectivity index (χ3n) is 7.45. The van der Waals surface area contributed by atoms with Crippen molar-refractivity contribution in [2.75, 3.05) is 58.5 Å². The smallest absolute Gasteiger partial charge is 0.228 e. The molecule has 4 aromatic rings. The lowest BCUT2D eigenvalue weighted by Crippen LogP contribution is -2.53. The SMILES string of the molecule is COC[C@@H](C(=O)Cc1cccc2c(-c3nc(Nc4cccc(S(C)(=O)=O)c4F)ncc3F)c[nH]c12)N1CCN(C)CC1. The number of anilines is 2. The van der Waals surface area contributed by atoms with Crippen molar-refractivity contribution in [2.24, 2.45) is 0 Å². The Morgan fingerprint density at radius 3 is 2.60 bits per heavy atom. The van der Waals surface area contributed by atoms with Gasteiger partial charge in [0.1, 0.15) is 10.6 Å². The minimum absolute atomic E-state index is 0.0307. The standard InChI is InChI=1S/C29H32F2N6O4S/c1-36-10-12-37(13-11-36)23(17-41-2)24(38)14-18-6-4-7-19-20(15-32-27(18)19)28-21(30)16-33-29(35-28)34-22-8-5-9-25(26(22)31)42(3,39)40/h4-9,15-16,23,32H,10-14,17H2,1-3H3,(H,33,34,35)/t23-/m0/s1. The van der Waals surface area contributed by atoms with Gasteiger partial charge in [-0.1, -0.05) is 24.3 Å². The number of carbonyl (C=O) groups excluding carboxylic acids is 1. The highest BCUT2D eigenvalue weighted by Crippen LogP contribution is 2.32. The number of aromatic amines is 1. The Morgan fingerprint density at radius 2 is 1.88 bits per heavy atom. The molecule has 2 aromatic carbocycles. The number of nitrogens with one attached hydrogen (secondary N) is 2. The number of sulfone groups is 1. The molecule has 0 saturated carbocycles. The summed E-state index contributed by atoms with van der Waals surface area (Å²) in [5.74, 6) is -1.78. The fraction of sp³-hybridized carbons (Fsp3) is 0.345. The van der Waals surface area contributed by atoms with Gasteiger partial charge in [0.25, 0.3) is 0 Å². The predicted octanol–water partition coefficient (Wildman–Crippen LogP) is 3.42. The molecule has 42 heavy (non-hydrogen) atoms. The van der Waals surface area contributed by atoms with Crippen molar-refractivity contribution in [3.8, 4) is 11.3 Å². The predicted molar refractivity (Wildman–Crippen MR) is 156 cm³/mol. The van der Waals surface area contributed by atoms with Crippen LogP contribution in [0, 0.1) is 11.6 Å². The molecule has 1 saturated heterocycles. The Hall–Kier alpha value is -3.78. The van der Waals surface area contributed by atoms with Crippen LogP contribution in [-0.2, 0) is 25.8 Å². The van der Waals surface area contributed by atoms with Crippen molar-refractivity contribution in [1.29, 1.82) is 0 Å². The van der Waals surface area contributed by atoms with E-state index in [0.29, 0.717) is 23.1 Å². The van der Waals surface area contributed by atoms with Gasteiger partial charge in [-0.2, -0.15) is 0 Å². The monoisotopic (exact) mass is 598 g/mol. The number of fused-ring (bicyclic) bond motifs is 1. The number of rotatable bonds is 10. The average Bonchev–Trinajstić information content (AvgIpc) is 3.39. The summed E-state index contributed by atoms with van der Waals surface area (Å²) in [6.45, 7) is 3.60. The second-order valence-corrected chi connectivity index (χ2v) is 12.4. The van der Waals surface area contributed by atoms with Crippen LogP contribution in [0.4, 0.5) is 20.4 Å². The van der Waals surface area contributed by atoms with Crippen molar-refractivity contribution in [1.82, 2.24) is 24.8 Å². The van der Waals surface area contributed by atoms with Crippen molar-refractivity contribution in [3.05, 3.63) is 66.0 Å². The van der Waals surface area contributed by atoms with Gasteiger partial charge in [-0.25, -0.2) is 27.2 Å². The van der Waals surface area contributed by atoms with E-state index >= 15 is 4.39 Å². The van der Waals surface area contributed by atoms with E-state index in [1.165, 1.54) is 12.1 Å². The number of carbonyl (C=O) groups is 1. The second-order valence-electron chi connectivity index (χ2n) is 10.4. The van der Waals surface area contributed by atoms with E-state index in [1.807, 2.05) is 6.07 Å². The molecule has 1 atom stereocenters. The van der Waals surface area contributed by atoms with Gasteiger partial charge in [-0.3, -0.25) is 9.69 Å². The zero-order valence-corrected chi connectivity index (χ0v) is 24.3. The van der Waals surface area contributed by atoms with Gasteiger partial charge in [0.05, 0.1) is 24.5 Å². The Labute approximate surface area is 242 Å². The van der Waals surface area contributed by atoms with E-state index in [1.54, 1.807) is 25.4 Å². The number of ether oxygens (including phenoxy) is 1. The van der Waals surface area contributed by atoms with Crippen LogP contribution in [-0.4, -0.2) is 98.2 Å². The highest BCUT2D eigenvalue weighted by atomic mass is 32.2. The highest BCUT2D eigenvalue weighted by Gasteiger charge is 2.29. The van der Waals surface area contributed by atoms with Gasteiger partial charge in [-0.05, 0) is 24.7 Å². The van der Waals surface area contributed by atoms with Gasteiger partial charge < -0.3 is 19.9 Å². The van der Waals surface area contributed by atoms with Crippen LogP contribution in [0.5, 0.6) is 0 Å². The molecule has 2 N–H and O–H groups in total. The number of halogens is 2. The quantitative estimate of drug-likeness (QED) is 0.283. The van der Waals surface area contributed by atoms with Crippen LogP contribution in [0.25, 0.3) is 22.2 Å². The topological polar surface area (TPSA) is 121 Å². The summed E-state index contributed by atoms with van der Waals surface area (Å²) in [6.07, 6.45) is 3.63. The van der Waals surface area contributed by atoms with Crippen molar-refractivity contribution in [2.45, 2.75) is 17.4 Å². The molecule has 1 aliphatic rings. The number of H-pyrrole nitrogens is 1. The van der Waals surface area contributed by atoms with E-state index in [4.69, 9.17) is 4.74 Å². The first-order chi connectivity index (χ1) is 20.1. The fourth-order valence-electron chi connectivity index (χ4n) is 5.19. The summed E-state index contributed by atoms with van der Waals surface area (Å²) in [4.78, 5) is 28.7. The summed E-state index contributed by atoms with van der Waals surface area (Å²) in [6, 6.07) is 8.96. The Kier molecular flexibility index (Phi) is 8.64. The lowest BCUT2D eigenvalue weighted by molar-refractivity contribution is -0.126. The normalized spacial score (nSPS) is 15.6. The molecule has 0 aliphatic carbocycles. The van der Waals surface area contributed by atoms with Crippen LogP contribution >= 0.6 is 0 Å². The number of aromatic nitrogens is 3. The molecule has 0 amide bonds. The van der Waals surface area contributed by atoms with E-state index in [-0.39, 0.29) is 35.6 Å². The lowest BCUT2D eigenvalue weighted by atomic mass is 9.99. The number of hydrogen-bond donors (Lipinski definition) is 2. The van der Waals surface area contributed by atoms with E-state index in [0.717, 1.165) is 50.3 Å². The Morgan fingerprint density at radius 1 is 1.14 bits per heavy atom. The lowest BCUT2D eigenvalue weighted by Gasteiger charge is -2.37. The van der Waals surface area contributed by atoms with Gasteiger partial charge >= 0.3 is 0 Å². The van der Waals surface area contributed by atoms with Crippen LogP contribution < -0.4 is 5.32 Å². The molecular weight excluding hydrogens is 566 g/mol. The van der Waals surface area contributed by atoms with Gasteiger partial charge in [0.2, 0.25) is 5.95 Å². The van der Waals surface area contributed by atoms with Crippen molar-refractivity contribution in [3.63, 3.8) is 0 Å². The van der Waals surface area contributed by atoms with Crippen LogP contribution in [0.1, 0.15) is 5.56 Å². The molecule has 13 heteroatoms. The number of Topliss-reactive ketones (excluding diaryl/α,β-unsaturated/α-hetero) is 1. The highest BCUT2D eigenvalue weighted by molar-refractivity contribution is 7.90. The van der Waals surface area contributed by atoms with E-state index < -0.39 is 26.4 Å². The number of ketones is 1. The largest absolute Gasteiger partial charge is 0.383 e. The molecule has 0 spiro atoms. The number of hydrogen-bond acceptors (Lipinski definition) is 9. The third kappa shape index (κ3) is 6.19. The van der Waals surface area contributed by atoms with Crippen LogP contribution in [0.3, 0.4) is 0 Å². The number of piperazine rings is 1. The molecule has 0 unspecified atom stereocenters. The summed E-state index contributed by atoms with van der Waals surface area (Å²) in [5, 5.41) is 3.31. The molecule has 222 valence electrons. The van der Waals surface area contributed by atoms with E-state index in [9.17, 15) is 17.6 Å². The molecule has 3 heterocycles. The Balaban J connectivity index is 1.43. The number of benzene rings is 2. The average molecular weight is 599 g/mol. The van der Waals surface area contributed by atoms with Crippen molar-refractivity contribution >= 4 is 38.2 Å². The summed E-state index contributed by atoms with van der Waals surface area (Å²) >= 11 is 0. The van der Waals surface area contributed by atoms with E-state index in [2.05, 4.69) is 37.1 Å². The first kappa shape index (κ1) is 29.7. The van der Waals surface area contributed by atoms with Crippen LogP contribution in [0.15, 0.2) is 53.7 Å². The first-order valence-electron chi connectivity index (χ1n) is 13.4. The van der Waals surface area contributed by atoms with Crippen LogP contribution in [0.2, 0.25) is 0 Å². The first-order valence-corrected chi connectivity index (χ1v) is 15.3. The zero-order valence-electron chi connectivity index (χ0n) is 23.5. The number of para-hydroxylation sites is 1.